The lowest BCUT2D eigenvalue weighted by Gasteiger charge is -2.42. The first-order valence-electron chi connectivity index (χ1n) is 7.13. The van der Waals surface area contributed by atoms with Gasteiger partial charge in [-0.15, -0.1) is 5.92 Å². The van der Waals surface area contributed by atoms with Gasteiger partial charge in [0.25, 0.3) is 0 Å². The smallest absolute Gasteiger partial charge is 0.115 e. The van der Waals surface area contributed by atoms with E-state index in [4.69, 9.17) is 0 Å². The third kappa shape index (κ3) is 2.13. The molecule has 1 saturated carbocycles. The molecule has 1 fully saturated rings. The zero-order valence-electron chi connectivity index (χ0n) is 11.3. The molecule has 1 aromatic rings. The van der Waals surface area contributed by atoms with Crippen molar-refractivity contribution in [3.8, 4) is 17.6 Å². The van der Waals surface area contributed by atoms with Gasteiger partial charge in [0.2, 0.25) is 0 Å². The summed E-state index contributed by atoms with van der Waals surface area (Å²) in [5, 5.41) is 19.8. The molecule has 4 atom stereocenters. The SMILES string of the molecule is CC#CC1C(O)CCC2c3ccc(O)cc3CC[C@H]21. The topological polar surface area (TPSA) is 40.5 Å². The molecule has 0 aromatic heterocycles. The van der Waals surface area contributed by atoms with Gasteiger partial charge in [0.05, 0.1) is 6.10 Å². The lowest BCUT2D eigenvalue weighted by molar-refractivity contribution is 0.0441. The van der Waals surface area contributed by atoms with E-state index in [1.54, 1.807) is 6.07 Å². The van der Waals surface area contributed by atoms with Crippen molar-refractivity contribution in [3.63, 3.8) is 0 Å². The van der Waals surface area contributed by atoms with E-state index in [2.05, 4.69) is 17.9 Å². The van der Waals surface area contributed by atoms with E-state index in [1.165, 1.54) is 11.1 Å². The van der Waals surface area contributed by atoms with Gasteiger partial charge >= 0.3 is 0 Å². The molecule has 0 aliphatic heterocycles. The average molecular weight is 256 g/mol. The molecule has 3 rings (SSSR count). The summed E-state index contributed by atoms with van der Waals surface area (Å²) < 4.78 is 0. The molecule has 2 heteroatoms. The summed E-state index contributed by atoms with van der Waals surface area (Å²) in [5.41, 5.74) is 2.64. The van der Waals surface area contributed by atoms with Crippen LogP contribution in [0.25, 0.3) is 0 Å². The number of rotatable bonds is 0. The molecule has 2 aliphatic carbocycles. The highest BCUT2D eigenvalue weighted by Crippen LogP contribution is 2.48. The fourth-order valence-corrected chi connectivity index (χ4v) is 3.91. The van der Waals surface area contributed by atoms with Crippen molar-refractivity contribution >= 4 is 0 Å². The molecule has 2 nitrogen and oxygen atoms in total. The fraction of sp³-hybridized carbons (Fsp3) is 0.529. The maximum absolute atomic E-state index is 10.2. The van der Waals surface area contributed by atoms with Crippen molar-refractivity contribution in [2.24, 2.45) is 11.8 Å². The Hall–Kier alpha value is -1.46. The molecule has 2 aliphatic rings. The molecular weight excluding hydrogens is 236 g/mol. The van der Waals surface area contributed by atoms with Crippen LogP contribution < -0.4 is 0 Å². The van der Waals surface area contributed by atoms with Crippen LogP contribution in [0.1, 0.15) is 43.2 Å². The fourth-order valence-electron chi connectivity index (χ4n) is 3.91. The Morgan fingerprint density at radius 3 is 2.84 bits per heavy atom. The van der Waals surface area contributed by atoms with Gasteiger partial charge in [-0.25, -0.2) is 0 Å². The second-order valence-corrected chi connectivity index (χ2v) is 5.76. The number of hydrogen-bond donors (Lipinski definition) is 2. The van der Waals surface area contributed by atoms with Crippen molar-refractivity contribution in [2.75, 3.05) is 0 Å². The standard InChI is InChI=1S/C17H20O2/c1-2-3-16-15-6-4-11-10-12(18)5-7-13(11)14(15)8-9-17(16)19/h5,7,10,14-19H,4,6,8-9H2,1H3/t14?,15-,16?,17?/m1/s1. The van der Waals surface area contributed by atoms with Gasteiger partial charge in [-0.2, -0.15) is 0 Å². The number of aliphatic hydroxyl groups excluding tert-OH is 1. The monoisotopic (exact) mass is 256 g/mol. The van der Waals surface area contributed by atoms with E-state index < -0.39 is 0 Å². The highest BCUT2D eigenvalue weighted by atomic mass is 16.3. The molecule has 3 unspecified atom stereocenters. The zero-order chi connectivity index (χ0) is 13.4. The third-order valence-corrected chi connectivity index (χ3v) is 4.75. The van der Waals surface area contributed by atoms with Gasteiger partial charge in [-0.1, -0.05) is 12.0 Å². The maximum atomic E-state index is 10.2. The molecule has 0 amide bonds. The van der Waals surface area contributed by atoms with Crippen molar-refractivity contribution < 1.29 is 10.2 Å². The molecule has 0 bridgehead atoms. The highest BCUT2D eigenvalue weighted by Gasteiger charge is 2.41. The minimum atomic E-state index is -0.271. The number of aryl methyl sites for hydroxylation is 1. The van der Waals surface area contributed by atoms with Crippen LogP contribution in [0, 0.1) is 23.7 Å². The number of phenols is 1. The summed E-state index contributed by atoms with van der Waals surface area (Å²) in [6.45, 7) is 1.85. The number of benzene rings is 1. The number of phenolic OH excluding ortho intramolecular Hbond substituents is 1. The Kier molecular flexibility index (Phi) is 3.24. The van der Waals surface area contributed by atoms with Crippen LogP contribution in [0.3, 0.4) is 0 Å². The summed E-state index contributed by atoms with van der Waals surface area (Å²) in [7, 11) is 0. The van der Waals surface area contributed by atoms with Crippen molar-refractivity contribution in [1.29, 1.82) is 0 Å². The molecule has 100 valence electrons. The van der Waals surface area contributed by atoms with Crippen LogP contribution in [-0.2, 0) is 6.42 Å². The predicted octanol–water partition coefficient (Wildman–Crippen LogP) is 2.83. The number of fused-ring (bicyclic) bond motifs is 3. The molecule has 0 heterocycles. The number of aliphatic hydroxyl groups is 1. The Labute approximate surface area is 114 Å². The van der Waals surface area contributed by atoms with Crippen molar-refractivity contribution in [1.82, 2.24) is 0 Å². The lowest BCUT2D eigenvalue weighted by atomic mass is 9.63. The second kappa shape index (κ2) is 4.90. The van der Waals surface area contributed by atoms with E-state index in [0.29, 0.717) is 17.6 Å². The Morgan fingerprint density at radius 2 is 2.05 bits per heavy atom. The summed E-state index contributed by atoms with van der Waals surface area (Å²) in [5.74, 6) is 7.65. The van der Waals surface area contributed by atoms with Crippen LogP contribution in [0.15, 0.2) is 18.2 Å². The Morgan fingerprint density at radius 1 is 1.21 bits per heavy atom. The molecule has 0 saturated heterocycles. The van der Waals surface area contributed by atoms with E-state index in [9.17, 15) is 10.2 Å². The first-order chi connectivity index (χ1) is 9.20. The number of hydrogen-bond acceptors (Lipinski definition) is 2. The molecular formula is C17H20O2. The quantitative estimate of drug-likeness (QED) is 0.701. The Balaban J connectivity index is 1.97. The van der Waals surface area contributed by atoms with Crippen LogP contribution >= 0.6 is 0 Å². The van der Waals surface area contributed by atoms with Gasteiger partial charge in [0.1, 0.15) is 5.75 Å². The summed E-state index contributed by atoms with van der Waals surface area (Å²) in [6.07, 6.45) is 3.65. The molecule has 2 N–H and O–H groups in total. The Bertz CT molecular complexity index is 538. The summed E-state index contributed by atoms with van der Waals surface area (Å²) in [4.78, 5) is 0. The van der Waals surface area contributed by atoms with E-state index in [1.807, 2.05) is 13.0 Å². The minimum absolute atomic E-state index is 0.116. The summed E-state index contributed by atoms with van der Waals surface area (Å²) in [6, 6.07) is 5.75. The third-order valence-electron chi connectivity index (χ3n) is 4.75. The molecule has 1 aromatic carbocycles. The first kappa shape index (κ1) is 12.6. The number of aromatic hydroxyl groups is 1. The first-order valence-corrected chi connectivity index (χ1v) is 7.13. The predicted molar refractivity (Wildman–Crippen MR) is 74.8 cm³/mol. The van der Waals surface area contributed by atoms with E-state index in [-0.39, 0.29) is 12.0 Å². The van der Waals surface area contributed by atoms with E-state index in [0.717, 1.165) is 25.7 Å². The van der Waals surface area contributed by atoms with Gasteiger partial charge < -0.3 is 10.2 Å². The lowest BCUT2D eigenvalue weighted by Crippen LogP contribution is -2.38. The summed E-state index contributed by atoms with van der Waals surface area (Å²) >= 11 is 0. The molecule has 0 radical (unpaired) electrons. The van der Waals surface area contributed by atoms with Crippen LogP contribution in [0.4, 0.5) is 0 Å². The zero-order valence-corrected chi connectivity index (χ0v) is 11.3. The normalized spacial score (nSPS) is 32.7. The van der Waals surface area contributed by atoms with Crippen molar-refractivity contribution in [3.05, 3.63) is 29.3 Å². The minimum Gasteiger partial charge on any atom is -0.508 e. The van der Waals surface area contributed by atoms with Crippen LogP contribution in [-0.4, -0.2) is 16.3 Å². The van der Waals surface area contributed by atoms with E-state index >= 15 is 0 Å². The van der Waals surface area contributed by atoms with Crippen molar-refractivity contribution in [2.45, 2.75) is 44.6 Å². The largest absolute Gasteiger partial charge is 0.508 e. The van der Waals surface area contributed by atoms with Crippen LogP contribution in [0.5, 0.6) is 5.75 Å². The second-order valence-electron chi connectivity index (χ2n) is 5.76. The molecule has 0 spiro atoms. The van der Waals surface area contributed by atoms with Gasteiger partial charge in [-0.05, 0) is 67.7 Å². The van der Waals surface area contributed by atoms with Gasteiger partial charge in [0.15, 0.2) is 0 Å². The molecule has 19 heavy (non-hydrogen) atoms. The maximum Gasteiger partial charge on any atom is 0.115 e. The van der Waals surface area contributed by atoms with Gasteiger partial charge in [0, 0.05) is 5.92 Å². The average Bonchev–Trinajstić information content (AvgIpc) is 2.41. The highest BCUT2D eigenvalue weighted by molar-refractivity contribution is 5.40. The van der Waals surface area contributed by atoms with Gasteiger partial charge in [-0.3, -0.25) is 0 Å². The van der Waals surface area contributed by atoms with Crippen LogP contribution in [0.2, 0.25) is 0 Å².